The van der Waals surface area contributed by atoms with Gasteiger partial charge < -0.3 is 5.32 Å². The number of fused-ring (bicyclic) bond motifs is 1. The minimum atomic E-state index is -0.294. The summed E-state index contributed by atoms with van der Waals surface area (Å²) in [4.78, 5) is 28.9. The van der Waals surface area contributed by atoms with Gasteiger partial charge in [0.15, 0.2) is 0 Å². The molecule has 2 aromatic carbocycles. The minimum Gasteiger partial charge on any atom is -0.325 e. The molecule has 122 valence electrons. The highest BCUT2D eigenvalue weighted by Crippen LogP contribution is 2.15. The lowest BCUT2D eigenvalue weighted by molar-refractivity contribution is -0.116. The molecule has 0 aliphatic carbocycles. The summed E-state index contributed by atoms with van der Waals surface area (Å²) in [5, 5.41) is 3.64. The van der Waals surface area contributed by atoms with E-state index in [2.05, 4.69) is 10.3 Å². The normalized spacial score (nSPS) is 10.8. The quantitative estimate of drug-likeness (QED) is 0.795. The number of aryl methyl sites for hydroxylation is 2. The lowest BCUT2D eigenvalue weighted by Crippen LogP contribution is -2.27. The third-order valence-electron chi connectivity index (χ3n) is 3.89. The average molecular weight is 342 g/mol. The molecule has 6 heteroatoms. The molecule has 0 saturated carbocycles. The molecule has 0 aliphatic heterocycles. The van der Waals surface area contributed by atoms with E-state index < -0.39 is 0 Å². The molecule has 0 bridgehead atoms. The minimum absolute atomic E-state index is 0.110. The lowest BCUT2D eigenvalue weighted by Gasteiger charge is -2.09. The third-order valence-corrected chi connectivity index (χ3v) is 4.13. The van der Waals surface area contributed by atoms with Gasteiger partial charge in [-0.25, -0.2) is 4.98 Å². The predicted molar refractivity (Wildman–Crippen MR) is 95.6 cm³/mol. The van der Waals surface area contributed by atoms with E-state index in [9.17, 15) is 9.59 Å². The van der Waals surface area contributed by atoms with E-state index in [1.807, 2.05) is 32.0 Å². The van der Waals surface area contributed by atoms with Gasteiger partial charge in [-0.1, -0.05) is 17.7 Å². The first-order valence-electron chi connectivity index (χ1n) is 7.46. The summed E-state index contributed by atoms with van der Waals surface area (Å²) in [7, 11) is 0. The Morgan fingerprint density at radius 1 is 1.17 bits per heavy atom. The SMILES string of the molecule is Cc1ccc(NC(=O)Cn2cnc3ccc(Cl)cc3c2=O)cc1C. The van der Waals surface area contributed by atoms with Crippen molar-refractivity contribution in [3.63, 3.8) is 0 Å². The van der Waals surface area contributed by atoms with Crippen molar-refractivity contribution in [3.8, 4) is 0 Å². The first-order valence-corrected chi connectivity index (χ1v) is 7.83. The molecule has 3 rings (SSSR count). The van der Waals surface area contributed by atoms with Gasteiger partial charge in [0.05, 0.1) is 17.2 Å². The maximum atomic E-state index is 12.5. The van der Waals surface area contributed by atoms with Gasteiger partial charge in [-0.15, -0.1) is 0 Å². The second kappa shape index (κ2) is 6.45. The number of hydrogen-bond donors (Lipinski definition) is 1. The largest absolute Gasteiger partial charge is 0.325 e. The van der Waals surface area contributed by atoms with Gasteiger partial charge in [0.25, 0.3) is 5.56 Å². The monoisotopic (exact) mass is 341 g/mol. The highest BCUT2D eigenvalue weighted by Gasteiger charge is 2.09. The van der Waals surface area contributed by atoms with Gasteiger partial charge in [-0.2, -0.15) is 0 Å². The molecule has 24 heavy (non-hydrogen) atoms. The smallest absolute Gasteiger partial charge is 0.261 e. The van der Waals surface area contributed by atoms with Crippen LogP contribution in [0, 0.1) is 13.8 Å². The number of amides is 1. The molecule has 0 fully saturated rings. The number of nitrogens with zero attached hydrogens (tertiary/aromatic N) is 2. The third kappa shape index (κ3) is 3.31. The maximum absolute atomic E-state index is 12.5. The fourth-order valence-corrected chi connectivity index (χ4v) is 2.59. The van der Waals surface area contributed by atoms with Crippen molar-refractivity contribution in [2.24, 2.45) is 0 Å². The van der Waals surface area contributed by atoms with Gasteiger partial charge in [-0.3, -0.25) is 14.2 Å². The zero-order valence-corrected chi connectivity index (χ0v) is 14.1. The second-order valence-corrected chi connectivity index (χ2v) is 6.12. The van der Waals surface area contributed by atoms with E-state index in [0.717, 1.165) is 11.1 Å². The van der Waals surface area contributed by atoms with Gasteiger partial charge in [0.2, 0.25) is 5.91 Å². The van der Waals surface area contributed by atoms with Crippen LogP contribution in [-0.2, 0) is 11.3 Å². The van der Waals surface area contributed by atoms with Crippen molar-refractivity contribution in [1.29, 1.82) is 0 Å². The fourth-order valence-electron chi connectivity index (χ4n) is 2.42. The lowest BCUT2D eigenvalue weighted by atomic mass is 10.1. The standard InChI is InChI=1S/C18H16ClN3O2/c1-11-3-5-14(7-12(11)2)21-17(23)9-22-10-20-16-6-4-13(19)8-15(16)18(22)24/h3-8,10H,9H2,1-2H3,(H,21,23). The fraction of sp³-hybridized carbons (Fsp3) is 0.167. The van der Waals surface area contributed by atoms with Crippen LogP contribution < -0.4 is 10.9 Å². The van der Waals surface area contributed by atoms with Crippen LogP contribution in [-0.4, -0.2) is 15.5 Å². The maximum Gasteiger partial charge on any atom is 0.261 e. The number of benzene rings is 2. The highest BCUT2D eigenvalue weighted by molar-refractivity contribution is 6.31. The molecular weight excluding hydrogens is 326 g/mol. The molecule has 5 nitrogen and oxygen atoms in total. The van der Waals surface area contributed by atoms with E-state index in [1.54, 1.807) is 18.2 Å². The Hall–Kier alpha value is -2.66. The van der Waals surface area contributed by atoms with Crippen molar-refractivity contribution < 1.29 is 4.79 Å². The van der Waals surface area contributed by atoms with Gasteiger partial charge in [-0.05, 0) is 55.3 Å². The van der Waals surface area contributed by atoms with E-state index in [-0.39, 0.29) is 18.0 Å². The molecule has 1 N–H and O–H groups in total. The van der Waals surface area contributed by atoms with Crippen molar-refractivity contribution in [1.82, 2.24) is 9.55 Å². The summed E-state index contributed by atoms with van der Waals surface area (Å²) in [6, 6.07) is 10.6. The van der Waals surface area contributed by atoms with E-state index in [0.29, 0.717) is 21.6 Å². The van der Waals surface area contributed by atoms with Crippen molar-refractivity contribution in [2.45, 2.75) is 20.4 Å². The van der Waals surface area contributed by atoms with Crippen molar-refractivity contribution in [2.75, 3.05) is 5.32 Å². The average Bonchev–Trinajstić information content (AvgIpc) is 2.54. The summed E-state index contributed by atoms with van der Waals surface area (Å²) in [5.74, 6) is -0.288. The number of rotatable bonds is 3. The second-order valence-electron chi connectivity index (χ2n) is 5.69. The Labute approximate surface area is 143 Å². The van der Waals surface area contributed by atoms with Crippen LogP contribution in [0.4, 0.5) is 5.69 Å². The van der Waals surface area contributed by atoms with Gasteiger partial charge in [0.1, 0.15) is 6.54 Å². The zero-order chi connectivity index (χ0) is 17.3. The first kappa shape index (κ1) is 16.2. The molecule has 1 aromatic heterocycles. The van der Waals surface area contributed by atoms with Crippen molar-refractivity contribution in [3.05, 3.63) is 69.2 Å². The van der Waals surface area contributed by atoms with Crippen LogP contribution in [0.2, 0.25) is 5.02 Å². The van der Waals surface area contributed by atoms with Crippen LogP contribution in [0.3, 0.4) is 0 Å². The molecule has 0 radical (unpaired) electrons. The Bertz CT molecular complexity index is 995. The Morgan fingerprint density at radius 2 is 1.96 bits per heavy atom. The van der Waals surface area contributed by atoms with Gasteiger partial charge in [0, 0.05) is 10.7 Å². The molecule has 3 aromatic rings. The summed E-state index contributed by atoms with van der Waals surface area (Å²) in [6.07, 6.45) is 1.37. The molecule has 1 amide bonds. The van der Waals surface area contributed by atoms with Crippen LogP contribution in [0.5, 0.6) is 0 Å². The molecule has 0 aliphatic rings. The molecule has 1 heterocycles. The summed E-state index contributed by atoms with van der Waals surface area (Å²) < 4.78 is 1.27. The predicted octanol–water partition coefficient (Wildman–Crippen LogP) is 3.31. The van der Waals surface area contributed by atoms with Crippen LogP contribution >= 0.6 is 11.6 Å². The van der Waals surface area contributed by atoms with Crippen LogP contribution in [0.1, 0.15) is 11.1 Å². The van der Waals surface area contributed by atoms with E-state index in [4.69, 9.17) is 11.6 Å². The zero-order valence-electron chi connectivity index (χ0n) is 13.3. The molecule has 0 saturated heterocycles. The first-order chi connectivity index (χ1) is 11.4. The summed E-state index contributed by atoms with van der Waals surface area (Å²) >= 11 is 5.93. The number of halogens is 1. The number of anilines is 1. The molecule has 0 unspecified atom stereocenters. The molecular formula is C18H16ClN3O2. The topological polar surface area (TPSA) is 64.0 Å². The van der Waals surface area contributed by atoms with Gasteiger partial charge >= 0.3 is 0 Å². The molecule has 0 atom stereocenters. The Balaban J connectivity index is 1.84. The van der Waals surface area contributed by atoms with E-state index >= 15 is 0 Å². The number of hydrogen-bond acceptors (Lipinski definition) is 3. The molecule has 0 spiro atoms. The number of carbonyl (C=O) groups is 1. The van der Waals surface area contributed by atoms with E-state index in [1.165, 1.54) is 10.9 Å². The Kier molecular flexibility index (Phi) is 4.36. The number of carbonyl (C=O) groups excluding carboxylic acids is 1. The summed E-state index contributed by atoms with van der Waals surface area (Å²) in [5.41, 5.74) is 3.20. The number of nitrogens with one attached hydrogen (secondary N) is 1. The highest BCUT2D eigenvalue weighted by atomic mass is 35.5. The number of aromatic nitrogens is 2. The Morgan fingerprint density at radius 3 is 2.71 bits per heavy atom. The van der Waals surface area contributed by atoms with Crippen LogP contribution in [0.25, 0.3) is 10.9 Å². The summed E-state index contributed by atoms with van der Waals surface area (Å²) in [6.45, 7) is 3.88. The van der Waals surface area contributed by atoms with Crippen molar-refractivity contribution >= 4 is 34.1 Å². The van der Waals surface area contributed by atoms with Crippen LogP contribution in [0.15, 0.2) is 47.5 Å².